The van der Waals surface area contributed by atoms with Crippen LogP contribution in [0.4, 0.5) is 4.39 Å². The molecule has 11 atom stereocenters. The lowest BCUT2D eigenvalue weighted by Crippen LogP contribution is -2.66. The van der Waals surface area contributed by atoms with Crippen LogP contribution in [0.15, 0.2) is 23.3 Å². The van der Waals surface area contributed by atoms with Gasteiger partial charge < -0.3 is 30.3 Å². The monoisotopic (exact) mass is 657 g/mol. The highest BCUT2D eigenvalue weighted by molar-refractivity contribution is 5.76. The minimum Gasteiger partial charge on any atom is -0.376 e. The summed E-state index contributed by atoms with van der Waals surface area (Å²) in [6.07, 6.45) is 12.5. The lowest BCUT2D eigenvalue weighted by Gasteiger charge is -2.50. The van der Waals surface area contributed by atoms with Crippen LogP contribution in [0.2, 0.25) is 0 Å². The summed E-state index contributed by atoms with van der Waals surface area (Å²) in [5.74, 6) is 0.928. The summed E-state index contributed by atoms with van der Waals surface area (Å²) >= 11 is 0. The van der Waals surface area contributed by atoms with Crippen molar-refractivity contribution in [3.8, 4) is 6.07 Å². The Morgan fingerprint density at radius 1 is 1.15 bits per heavy atom. The zero-order valence-electron chi connectivity index (χ0n) is 30.1. The molecule has 0 aromatic carbocycles. The molecule has 4 rings (SSSR count). The van der Waals surface area contributed by atoms with Gasteiger partial charge in [0.15, 0.2) is 0 Å². The Balaban J connectivity index is 1.31. The number of nitriles is 1. The summed E-state index contributed by atoms with van der Waals surface area (Å²) in [6, 6.07) is 2.55. The number of carbonyl (C=O) groups is 1. The fourth-order valence-corrected chi connectivity index (χ4v) is 8.52. The second kappa shape index (κ2) is 18.8. The third-order valence-electron chi connectivity index (χ3n) is 11.3. The third kappa shape index (κ3) is 10.8. The van der Waals surface area contributed by atoms with Crippen molar-refractivity contribution in [2.75, 3.05) is 40.4 Å². The summed E-state index contributed by atoms with van der Waals surface area (Å²) in [6.45, 7) is 11.3. The van der Waals surface area contributed by atoms with Crippen LogP contribution in [-0.4, -0.2) is 93.8 Å². The quantitative estimate of drug-likeness (QED) is 0.208. The topological polar surface area (TPSA) is 98.6 Å². The zero-order valence-corrected chi connectivity index (χ0v) is 30.1. The summed E-state index contributed by atoms with van der Waals surface area (Å²) < 4.78 is 28.1. The van der Waals surface area contributed by atoms with Crippen molar-refractivity contribution >= 4 is 5.91 Å². The van der Waals surface area contributed by atoms with Crippen molar-refractivity contribution in [1.29, 1.82) is 5.26 Å². The number of alkyl halides is 1. The van der Waals surface area contributed by atoms with E-state index in [1.165, 1.54) is 30.4 Å². The van der Waals surface area contributed by atoms with Crippen molar-refractivity contribution < 1.29 is 18.7 Å². The average Bonchev–Trinajstić information content (AvgIpc) is 3.22. The van der Waals surface area contributed by atoms with Crippen LogP contribution in [-0.2, 0) is 14.3 Å². The number of amides is 1. The molecular weight excluding hydrogens is 593 g/mol. The number of ether oxygens (including phenoxy) is 2. The van der Waals surface area contributed by atoms with Crippen LogP contribution in [0.5, 0.6) is 0 Å². The van der Waals surface area contributed by atoms with Gasteiger partial charge in [0.1, 0.15) is 6.17 Å². The fourth-order valence-electron chi connectivity index (χ4n) is 8.52. The van der Waals surface area contributed by atoms with Gasteiger partial charge in [-0.3, -0.25) is 4.79 Å². The predicted octanol–water partition coefficient (Wildman–Crippen LogP) is 5.69. The first-order valence-electron chi connectivity index (χ1n) is 18.7. The lowest BCUT2D eigenvalue weighted by molar-refractivity contribution is -0.124. The molecule has 0 bridgehead atoms. The van der Waals surface area contributed by atoms with E-state index in [0.29, 0.717) is 44.9 Å². The zero-order chi connectivity index (χ0) is 33.9. The predicted molar refractivity (Wildman–Crippen MR) is 187 cm³/mol. The van der Waals surface area contributed by atoms with E-state index in [-0.39, 0.29) is 60.0 Å². The van der Waals surface area contributed by atoms with Crippen LogP contribution in [0.3, 0.4) is 0 Å². The maximum absolute atomic E-state index is 15.7. The second-order valence-corrected chi connectivity index (χ2v) is 15.1. The number of rotatable bonds is 15. The number of piperidine rings is 1. The molecule has 47 heavy (non-hydrogen) atoms. The average molecular weight is 658 g/mol. The lowest BCUT2D eigenvalue weighted by atomic mass is 9.69. The molecule has 1 amide bonds. The first-order valence-corrected chi connectivity index (χ1v) is 18.7. The minimum atomic E-state index is -1.03. The molecule has 0 spiro atoms. The number of carbonyl (C=O) groups excluding carboxylic acids is 1. The molecule has 0 aromatic heterocycles. The molecular formula is C38H64FN5O3. The molecule has 0 radical (unpaired) electrons. The Bertz CT molecular complexity index is 1090. The van der Waals surface area contributed by atoms with E-state index < -0.39 is 6.17 Å². The van der Waals surface area contributed by atoms with Gasteiger partial charge in [0, 0.05) is 43.6 Å². The molecule has 3 aliphatic carbocycles. The molecule has 0 aromatic rings. The Hall–Kier alpha value is -1.83. The molecule has 11 unspecified atom stereocenters. The maximum atomic E-state index is 15.7. The first kappa shape index (κ1) is 38.0. The number of hydrogen-bond donors (Lipinski definition) is 3. The summed E-state index contributed by atoms with van der Waals surface area (Å²) in [4.78, 5) is 15.0. The fraction of sp³-hybridized carbons (Fsp3) is 0.842. The molecule has 3 fully saturated rings. The van der Waals surface area contributed by atoms with Crippen LogP contribution in [0, 0.1) is 35.0 Å². The van der Waals surface area contributed by atoms with Crippen molar-refractivity contribution in [3.63, 3.8) is 0 Å². The van der Waals surface area contributed by atoms with Gasteiger partial charge in [-0.1, -0.05) is 43.6 Å². The number of nitrogens with one attached hydrogen (secondary N) is 3. The molecule has 8 nitrogen and oxygen atoms in total. The standard InChI is InChI=1S/C38H64FN5O3/c1-7-10-27-14-15-28(13-12-25(27)3)26(4)24-47-35-17-16-30(19-32(35)39)42-38-29(22-40)23-41-33-21-36(46-8-2)34(20-31(33)38)43-37(45)11-9-18-44(5)6/h12-13,26-27,29-36,38,41-42H,7-11,14-21,23-24H2,1-6H3,(H,43,45). The van der Waals surface area contributed by atoms with E-state index in [1.807, 2.05) is 21.0 Å². The summed E-state index contributed by atoms with van der Waals surface area (Å²) in [5, 5.41) is 20.8. The number of hydrogen-bond acceptors (Lipinski definition) is 7. The smallest absolute Gasteiger partial charge is 0.220 e. The Labute approximate surface area is 284 Å². The van der Waals surface area contributed by atoms with E-state index in [1.54, 1.807) is 0 Å². The first-order chi connectivity index (χ1) is 22.6. The van der Waals surface area contributed by atoms with E-state index in [4.69, 9.17) is 9.47 Å². The second-order valence-electron chi connectivity index (χ2n) is 15.1. The molecule has 2 saturated carbocycles. The number of nitrogens with zero attached hydrogens (tertiary/aromatic N) is 2. The van der Waals surface area contributed by atoms with Crippen LogP contribution < -0.4 is 16.0 Å². The maximum Gasteiger partial charge on any atom is 0.220 e. The van der Waals surface area contributed by atoms with E-state index in [9.17, 15) is 10.1 Å². The number of allylic oxidation sites excluding steroid dienone is 3. The highest BCUT2D eigenvalue weighted by atomic mass is 19.1. The molecule has 1 aliphatic heterocycles. The SMILES string of the molecule is CCCC1CCC(C(C)COC2CCC(NC3C(C#N)CNC4CC(OCC)C(NC(=O)CCCN(C)C)CC43)CC2F)=CC=C1C. The van der Waals surface area contributed by atoms with E-state index in [2.05, 4.69) is 59.8 Å². The summed E-state index contributed by atoms with van der Waals surface area (Å²) in [5.41, 5.74) is 2.89. The molecule has 1 heterocycles. The highest BCUT2D eigenvalue weighted by Gasteiger charge is 2.47. The molecule has 4 aliphatic rings. The van der Waals surface area contributed by atoms with Gasteiger partial charge in [-0.05, 0) is 104 Å². The van der Waals surface area contributed by atoms with Gasteiger partial charge in [-0.2, -0.15) is 5.26 Å². The van der Waals surface area contributed by atoms with Gasteiger partial charge in [0.2, 0.25) is 5.91 Å². The van der Waals surface area contributed by atoms with Gasteiger partial charge in [0.25, 0.3) is 0 Å². The third-order valence-corrected chi connectivity index (χ3v) is 11.3. The highest BCUT2D eigenvalue weighted by Crippen LogP contribution is 2.37. The minimum absolute atomic E-state index is 0.00117. The van der Waals surface area contributed by atoms with Crippen molar-refractivity contribution in [2.45, 2.75) is 141 Å². The Morgan fingerprint density at radius 2 is 1.96 bits per heavy atom. The molecule has 1 saturated heterocycles. The Kier molecular flexibility index (Phi) is 15.2. The largest absolute Gasteiger partial charge is 0.376 e. The Morgan fingerprint density at radius 3 is 2.66 bits per heavy atom. The molecule has 3 N–H and O–H groups in total. The van der Waals surface area contributed by atoms with Gasteiger partial charge >= 0.3 is 0 Å². The number of halogens is 1. The van der Waals surface area contributed by atoms with Crippen LogP contribution in [0.1, 0.15) is 98.3 Å². The number of fused-ring (bicyclic) bond motifs is 1. The van der Waals surface area contributed by atoms with E-state index in [0.717, 1.165) is 38.6 Å². The van der Waals surface area contributed by atoms with Crippen molar-refractivity contribution in [3.05, 3.63) is 23.3 Å². The van der Waals surface area contributed by atoms with E-state index >= 15 is 4.39 Å². The van der Waals surface area contributed by atoms with Gasteiger partial charge in [0.05, 0.1) is 36.8 Å². The van der Waals surface area contributed by atoms with Gasteiger partial charge in [-0.15, -0.1) is 0 Å². The van der Waals surface area contributed by atoms with Gasteiger partial charge in [-0.25, -0.2) is 4.39 Å². The van der Waals surface area contributed by atoms with Crippen molar-refractivity contribution in [1.82, 2.24) is 20.9 Å². The van der Waals surface area contributed by atoms with Crippen molar-refractivity contribution in [2.24, 2.45) is 23.7 Å². The van der Waals surface area contributed by atoms with Crippen LogP contribution in [0.25, 0.3) is 0 Å². The molecule has 266 valence electrons. The summed E-state index contributed by atoms with van der Waals surface area (Å²) in [7, 11) is 4.03. The molecule has 9 heteroatoms. The normalized spacial score (nSPS) is 35.2. The van der Waals surface area contributed by atoms with Crippen LogP contribution >= 0.6 is 0 Å².